The number of nitrogen functional groups attached to an aromatic ring is 2. The van der Waals surface area contributed by atoms with Crippen LogP contribution in [0.15, 0.2) is 12.1 Å². The molecule has 1 aromatic carbocycles. The van der Waals surface area contributed by atoms with Gasteiger partial charge < -0.3 is 11.5 Å². The van der Waals surface area contributed by atoms with E-state index < -0.39 is 0 Å². The molecule has 4 N–H and O–H groups in total. The van der Waals surface area contributed by atoms with Gasteiger partial charge in [-0.15, -0.1) is 0 Å². The smallest absolute Gasteiger partial charge is 0.0399 e. The summed E-state index contributed by atoms with van der Waals surface area (Å²) in [6.07, 6.45) is 0. The standard InChI is InChI=1S/C10H16N2/c1-6(2)9-8(11)5-4-7(3)10(9)12/h4-6H,11-12H2,1-3H3. The lowest BCUT2D eigenvalue weighted by Crippen LogP contribution is -2.03. The first-order chi connectivity index (χ1) is 5.54. The van der Waals surface area contributed by atoms with Crippen molar-refractivity contribution in [1.82, 2.24) is 0 Å². The number of aryl methyl sites for hydroxylation is 1. The van der Waals surface area contributed by atoms with Crippen molar-refractivity contribution in [3.8, 4) is 0 Å². The molecule has 0 spiro atoms. The number of hydrogen-bond acceptors (Lipinski definition) is 2. The van der Waals surface area contributed by atoms with Gasteiger partial charge in [-0.05, 0) is 24.5 Å². The number of benzene rings is 1. The van der Waals surface area contributed by atoms with Crippen molar-refractivity contribution in [3.05, 3.63) is 23.3 Å². The highest BCUT2D eigenvalue weighted by atomic mass is 14.6. The van der Waals surface area contributed by atoms with Crippen molar-refractivity contribution < 1.29 is 0 Å². The molecule has 12 heavy (non-hydrogen) atoms. The maximum atomic E-state index is 5.90. The van der Waals surface area contributed by atoms with Gasteiger partial charge in [-0.25, -0.2) is 0 Å². The van der Waals surface area contributed by atoms with Crippen LogP contribution in [0.2, 0.25) is 0 Å². The summed E-state index contributed by atoms with van der Waals surface area (Å²) in [6.45, 7) is 6.20. The Balaban J connectivity index is 3.33. The van der Waals surface area contributed by atoms with Gasteiger partial charge in [0.25, 0.3) is 0 Å². The molecule has 0 amide bonds. The third-order valence-corrected chi connectivity index (χ3v) is 2.12. The van der Waals surface area contributed by atoms with Gasteiger partial charge >= 0.3 is 0 Å². The number of hydrogen-bond donors (Lipinski definition) is 2. The molecule has 1 rings (SSSR count). The van der Waals surface area contributed by atoms with Crippen molar-refractivity contribution in [3.63, 3.8) is 0 Å². The van der Waals surface area contributed by atoms with Crippen LogP contribution in [0.3, 0.4) is 0 Å². The molecular weight excluding hydrogens is 148 g/mol. The summed E-state index contributed by atoms with van der Waals surface area (Å²) in [4.78, 5) is 0. The Morgan fingerprint density at radius 1 is 1.17 bits per heavy atom. The van der Waals surface area contributed by atoms with Crippen molar-refractivity contribution in [2.24, 2.45) is 0 Å². The molecule has 0 unspecified atom stereocenters. The Kier molecular flexibility index (Phi) is 2.27. The molecule has 0 aliphatic carbocycles. The van der Waals surface area contributed by atoms with E-state index in [1.165, 1.54) is 0 Å². The summed E-state index contributed by atoms with van der Waals surface area (Å²) in [5, 5.41) is 0. The molecule has 2 nitrogen and oxygen atoms in total. The van der Waals surface area contributed by atoms with Crippen LogP contribution in [-0.2, 0) is 0 Å². The first kappa shape index (κ1) is 8.91. The minimum Gasteiger partial charge on any atom is -0.398 e. The highest BCUT2D eigenvalue weighted by Crippen LogP contribution is 2.29. The Bertz CT molecular complexity index is 290. The van der Waals surface area contributed by atoms with Gasteiger partial charge in [0, 0.05) is 16.9 Å². The molecule has 0 saturated heterocycles. The van der Waals surface area contributed by atoms with Gasteiger partial charge in [-0.1, -0.05) is 19.9 Å². The Labute approximate surface area is 73.6 Å². The molecule has 0 heterocycles. The predicted molar refractivity (Wildman–Crippen MR) is 54.1 cm³/mol. The minimum absolute atomic E-state index is 0.393. The van der Waals surface area contributed by atoms with E-state index in [-0.39, 0.29) is 0 Å². The third-order valence-electron chi connectivity index (χ3n) is 2.12. The highest BCUT2D eigenvalue weighted by molar-refractivity contribution is 5.66. The predicted octanol–water partition coefficient (Wildman–Crippen LogP) is 2.28. The molecule has 0 bridgehead atoms. The van der Waals surface area contributed by atoms with Crippen LogP contribution in [0.5, 0.6) is 0 Å². The highest BCUT2D eigenvalue weighted by Gasteiger charge is 2.09. The second-order valence-electron chi connectivity index (χ2n) is 3.45. The van der Waals surface area contributed by atoms with E-state index in [0.717, 1.165) is 22.5 Å². The summed E-state index contributed by atoms with van der Waals surface area (Å²) in [5.41, 5.74) is 15.5. The van der Waals surface area contributed by atoms with Crippen LogP contribution in [0.4, 0.5) is 11.4 Å². The zero-order valence-corrected chi connectivity index (χ0v) is 7.89. The van der Waals surface area contributed by atoms with Gasteiger partial charge in [-0.2, -0.15) is 0 Å². The van der Waals surface area contributed by atoms with Gasteiger partial charge in [-0.3, -0.25) is 0 Å². The molecule has 0 atom stereocenters. The molecule has 1 aromatic rings. The monoisotopic (exact) mass is 164 g/mol. The van der Waals surface area contributed by atoms with Gasteiger partial charge in [0.05, 0.1) is 0 Å². The van der Waals surface area contributed by atoms with Crippen LogP contribution < -0.4 is 11.5 Å². The van der Waals surface area contributed by atoms with Crippen molar-refractivity contribution in [2.45, 2.75) is 26.7 Å². The molecule has 0 saturated carbocycles. The fourth-order valence-electron chi connectivity index (χ4n) is 1.41. The fraction of sp³-hybridized carbons (Fsp3) is 0.400. The maximum absolute atomic E-state index is 5.90. The molecule has 0 aliphatic rings. The van der Waals surface area contributed by atoms with Crippen molar-refractivity contribution in [1.29, 1.82) is 0 Å². The molecule has 2 heteroatoms. The van der Waals surface area contributed by atoms with E-state index in [1.807, 2.05) is 19.1 Å². The van der Waals surface area contributed by atoms with Crippen LogP contribution >= 0.6 is 0 Å². The summed E-state index contributed by atoms with van der Waals surface area (Å²) in [6, 6.07) is 3.87. The molecule has 66 valence electrons. The quantitative estimate of drug-likeness (QED) is 0.626. The van der Waals surface area contributed by atoms with Crippen LogP contribution in [-0.4, -0.2) is 0 Å². The van der Waals surface area contributed by atoms with E-state index in [0.29, 0.717) is 5.92 Å². The SMILES string of the molecule is Cc1ccc(N)c(C(C)C)c1N. The van der Waals surface area contributed by atoms with Crippen LogP contribution in [0.1, 0.15) is 30.9 Å². The summed E-state index contributed by atoms with van der Waals surface area (Å²) >= 11 is 0. The van der Waals surface area contributed by atoms with Gasteiger partial charge in [0.1, 0.15) is 0 Å². The summed E-state index contributed by atoms with van der Waals surface area (Å²) < 4.78 is 0. The Morgan fingerprint density at radius 3 is 2.17 bits per heavy atom. The molecule has 0 aliphatic heterocycles. The first-order valence-electron chi connectivity index (χ1n) is 4.18. The first-order valence-corrected chi connectivity index (χ1v) is 4.18. The largest absolute Gasteiger partial charge is 0.398 e. The van der Waals surface area contributed by atoms with Crippen molar-refractivity contribution in [2.75, 3.05) is 11.5 Å². The van der Waals surface area contributed by atoms with E-state index in [2.05, 4.69) is 13.8 Å². The summed E-state index contributed by atoms with van der Waals surface area (Å²) in [5.74, 6) is 0.393. The molecule has 0 fully saturated rings. The molecule has 0 aromatic heterocycles. The third kappa shape index (κ3) is 1.37. The minimum atomic E-state index is 0.393. The zero-order valence-electron chi connectivity index (χ0n) is 7.89. The van der Waals surface area contributed by atoms with Crippen LogP contribution in [0, 0.1) is 6.92 Å². The van der Waals surface area contributed by atoms with E-state index >= 15 is 0 Å². The summed E-state index contributed by atoms with van der Waals surface area (Å²) in [7, 11) is 0. The lowest BCUT2D eigenvalue weighted by Gasteiger charge is -2.14. The number of rotatable bonds is 1. The van der Waals surface area contributed by atoms with Gasteiger partial charge in [0.15, 0.2) is 0 Å². The van der Waals surface area contributed by atoms with Crippen LogP contribution in [0.25, 0.3) is 0 Å². The number of nitrogens with two attached hydrogens (primary N) is 2. The van der Waals surface area contributed by atoms with E-state index in [1.54, 1.807) is 0 Å². The zero-order chi connectivity index (χ0) is 9.30. The lowest BCUT2D eigenvalue weighted by molar-refractivity contribution is 0.872. The lowest BCUT2D eigenvalue weighted by atomic mass is 9.97. The van der Waals surface area contributed by atoms with E-state index in [4.69, 9.17) is 11.5 Å². The Morgan fingerprint density at radius 2 is 1.75 bits per heavy atom. The molecular formula is C10H16N2. The number of anilines is 2. The second kappa shape index (κ2) is 3.05. The van der Waals surface area contributed by atoms with Crippen molar-refractivity contribution >= 4 is 11.4 Å². The average Bonchev–Trinajstić information content (AvgIpc) is 1.97. The Hall–Kier alpha value is -1.18. The average molecular weight is 164 g/mol. The normalized spacial score (nSPS) is 10.7. The second-order valence-corrected chi connectivity index (χ2v) is 3.45. The fourth-order valence-corrected chi connectivity index (χ4v) is 1.41. The molecule has 0 radical (unpaired) electrons. The van der Waals surface area contributed by atoms with E-state index in [9.17, 15) is 0 Å². The van der Waals surface area contributed by atoms with Gasteiger partial charge in [0.2, 0.25) is 0 Å². The topological polar surface area (TPSA) is 52.0 Å². The maximum Gasteiger partial charge on any atom is 0.0399 e.